The Balaban J connectivity index is 0.00000156. The minimum absolute atomic E-state index is 0.0212. The number of alkyl halides is 3. The molecule has 0 amide bonds. The molecule has 0 saturated carbocycles. The number of hydrogen-bond donors (Lipinski definition) is 1. The van der Waals surface area contributed by atoms with Crippen molar-refractivity contribution in [1.29, 1.82) is 0 Å². The number of nitrogens with two attached hydrogens (primary N) is 1. The molecule has 0 radical (unpaired) electrons. The van der Waals surface area contributed by atoms with Gasteiger partial charge in [-0.1, -0.05) is 38.1 Å². The van der Waals surface area contributed by atoms with Crippen LogP contribution in [0.4, 0.5) is 19.0 Å². The Morgan fingerprint density at radius 2 is 1.73 bits per heavy atom. The van der Waals surface area contributed by atoms with Crippen LogP contribution in [0.25, 0.3) is 21.9 Å². The van der Waals surface area contributed by atoms with E-state index in [4.69, 9.17) is 5.73 Å². The Kier molecular flexibility index (Phi) is 7.30. The second-order valence-corrected chi connectivity index (χ2v) is 8.76. The van der Waals surface area contributed by atoms with Gasteiger partial charge in [0.2, 0.25) is 0 Å². The number of hydrogen-bond acceptors (Lipinski definition) is 6. The molecule has 0 fully saturated rings. The average molecular weight is 574 g/mol. The molecule has 12 heteroatoms. The molecule has 0 atom stereocenters. The summed E-state index contributed by atoms with van der Waals surface area (Å²) in [7, 11) is 0. The molecule has 3 aromatic heterocycles. The van der Waals surface area contributed by atoms with E-state index in [9.17, 15) is 18.0 Å². The van der Waals surface area contributed by atoms with Gasteiger partial charge in [0.1, 0.15) is 24.5 Å². The Morgan fingerprint density at radius 3 is 2.46 bits per heavy atom. The van der Waals surface area contributed by atoms with Crippen molar-refractivity contribution in [2.24, 2.45) is 0 Å². The summed E-state index contributed by atoms with van der Waals surface area (Å²) in [5, 5.41) is 5.30. The fourth-order valence-corrected chi connectivity index (χ4v) is 4.64. The van der Waals surface area contributed by atoms with E-state index in [-0.39, 0.29) is 35.7 Å². The molecule has 5 rings (SSSR count). The molecular formula is C25H23BrF3N7O. The summed E-state index contributed by atoms with van der Waals surface area (Å²) >= 11 is 3.37. The molecule has 2 aromatic carbocycles. The Bertz CT molecular complexity index is 1660. The van der Waals surface area contributed by atoms with Crippen molar-refractivity contribution in [3.63, 3.8) is 0 Å². The van der Waals surface area contributed by atoms with Gasteiger partial charge < -0.3 is 5.73 Å². The summed E-state index contributed by atoms with van der Waals surface area (Å²) in [6.07, 6.45) is -3.28. The molecule has 0 aliphatic carbocycles. The maximum Gasteiger partial charge on any atom is 0.416 e. The Morgan fingerprint density at radius 1 is 1.00 bits per heavy atom. The summed E-state index contributed by atoms with van der Waals surface area (Å²) in [5.74, 6) is 0.477. The van der Waals surface area contributed by atoms with Gasteiger partial charge in [-0.15, -0.1) is 0 Å². The third-order valence-corrected chi connectivity index (χ3v) is 6.35. The SMILES string of the molecule is CC.Cc1nn(Cc2nc3cccc(Br)c3c(=O)n2Cc2ccccc2C(F)(F)F)c2ncnc(N)c12. The highest BCUT2D eigenvalue weighted by Gasteiger charge is 2.33. The lowest BCUT2D eigenvalue weighted by Gasteiger charge is -2.17. The van der Waals surface area contributed by atoms with Gasteiger partial charge in [-0.2, -0.15) is 18.3 Å². The van der Waals surface area contributed by atoms with Crippen LogP contribution in [0.2, 0.25) is 0 Å². The van der Waals surface area contributed by atoms with Crippen molar-refractivity contribution >= 4 is 43.7 Å². The number of aromatic nitrogens is 6. The Labute approximate surface area is 218 Å². The van der Waals surface area contributed by atoms with Gasteiger partial charge in [0.15, 0.2) is 5.65 Å². The van der Waals surface area contributed by atoms with E-state index < -0.39 is 17.3 Å². The van der Waals surface area contributed by atoms with Crippen molar-refractivity contribution in [2.75, 3.05) is 5.73 Å². The van der Waals surface area contributed by atoms with Crippen LogP contribution < -0.4 is 11.3 Å². The van der Waals surface area contributed by atoms with E-state index in [0.717, 1.165) is 6.07 Å². The molecule has 2 N–H and O–H groups in total. The number of nitrogens with zero attached hydrogens (tertiary/aromatic N) is 6. The quantitative estimate of drug-likeness (QED) is 0.311. The zero-order valence-electron chi connectivity index (χ0n) is 20.2. The molecule has 0 unspecified atom stereocenters. The summed E-state index contributed by atoms with van der Waals surface area (Å²) in [4.78, 5) is 26.5. The number of anilines is 1. The van der Waals surface area contributed by atoms with Crippen molar-refractivity contribution in [3.8, 4) is 0 Å². The van der Waals surface area contributed by atoms with E-state index in [1.165, 1.54) is 33.8 Å². The predicted molar refractivity (Wildman–Crippen MR) is 139 cm³/mol. The lowest BCUT2D eigenvalue weighted by molar-refractivity contribution is -0.138. The fraction of sp³-hybridized carbons (Fsp3) is 0.240. The van der Waals surface area contributed by atoms with Gasteiger partial charge >= 0.3 is 6.18 Å². The van der Waals surface area contributed by atoms with Crippen molar-refractivity contribution in [2.45, 2.75) is 40.0 Å². The van der Waals surface area contributed by atoms with Crippen LogP contribution in [0, 0.1) is 6.92 Å². The molecule has 3 heterocycles. The van der Waals surface area contributed by atoms with Crippen LogP contribution in [-0.2, 0) is 19.3 Å². The van der Waals surface area contributed by atoms with Crippen LogP contribution in [0.5, 0.6) is 0 Å². The van der Waals surface area contributed by atoms with Crippen LogP contribution in [0.15, 0.2) is 58.1 Å². The number of aryl methyl sites for hydroxylation is 1. The average Bonchev–Trinajstić information content (AvgIpc) is 3.18. The maximum atomic E-state index is 13.7. The first-order valence-electron chi connectivity index (χ1n) is 11.4. The zero-order chi connectivity index (χ0) is 26.9. The van der Waals surface area contributed by atoms with Gasteiger partial charge in [-0.25, -0.2) is 19.6 Å². The molecule has 0 bridgehead atoms. The molecule has 0 saturated heterocycles. The standard InChI is InChI=1S/C23H17BrF3N7O.C2H6/c1-12-18-20(28)29-11-30-21(18)34(32-12)10-17-31-16-8-4-7-15(24)19(16)22(35)33(17)9-13-5-2-3-6-14(13)23(25,26)27;1-2/h2-8,11H,9-10H2,1H3,(H2,28,29,30);1-2H3. The predicted octanol–water partition coefficient (Wildman–Crippen LogP) is 5.33. The maximum absolute atomic E-state index is 13.7. The molecular weight excluding hydrogens is 551 g/mol. The summed E-state index contributed by atoms with van der Waals surface area (Å²) in [6.45, 7) is 5.40. The van der Waals surface area contributed by atoms with Crippen LogP contribution in [0.3, 0.4) is 0 Å². The molecule has 192 valence electrons. The normalized spacial score (nSPS) is 11.5. The summed E-state index contributed by atoms with van der Waals surface area (Å²) in [6, 6.07) is 10.2. The minimum atomic E-state index is -4.57. The molecule has 0 aliphatic heterocycles. The fourth-order valence-electron chi connectivity index (χ4n) is 4.11. The van der Waals surface area contributed by atoms with Crippen LogP contribution in [-0.4, -0.2) is 29.3 Å². The third-order valence-electron chi connectivity index (χ3n) is 5.69. The van der Waals surface area contributed by atoms with Gasteiger partial charge in [0.05, 0.1) is 34.1 Å². The van der Waals surface area contributed by atoms with Crippen LogP contribution in [0.1, 0.15) is 36.5 Å². The Hall–Kier alpha value is -3.80. The minimum Gasteiger partial charge on any atom is -0.383 e. The van der Waals surface area contributed by atoms with Crippen LogP contribution >= 0.6 is 15.9 Å². The lowest BCUT2D eigenvalue weighted by atomic mass is 10.1. The van der Waals surface area contributed by atoms with Gasteiger partial charge in [-0.3, -0.25) is 9.36 Å². The lowest BCUT2D eigenvalue weighted by Crippen LogP contribution is -2.28. The number of fused-ring (bicyclic) bond motifs is 2. The molecule has 37 heavy (non-hydrogen) atoms. The smallest absolute Gasteiger partial charge is 0.383 e. The molecule has 5 aromatic rings. The highest BCUT2D eigenvalue weighted by molar-refractivity contribution is 9.10. The van der Waals surface area contributed by atoms with Crippen molar-refractivity contribution in [3.05, 3.63) is 86.3 Å². The van der Waals surface area contributed by atoms with Crippen molar-refractivity contribution < 1.29 is 13.2 Å². The van der Waals surface area contributed by atoms with Gasteiger partial charge in [0.25, 0.3) is 5.56 Å². The summed E-state index contributed by atoms with van der Waals surface area (Å²) < 4.78 is 44.3. The largest absolute Gasteiger partial charge is 0.416 e. The van der Waals surface area contributed by atoms with Gasteiger partial charge in [-0.05, 0) is 46.6 Å². The van der Waals surface area contributed by atoms with E-state index in [1.807, 2.05) is 13.8 Å². The molecule has 0 aliphatic rings. The first-order chi connectivity index (χ1) is 17.6. The topological polar surface area (TPSA) is 105 Å². The van der Waals surface area contributed by atoms with E-state index in [1.54, 1.807) is 25.1 Å². The highest BCUT2D eigenvalue weighted by atomic mass is 79.9. The zero-order valence-corrected chi connectivity index (χ0v) is 21.8. The second kappa shape index (κ2) is 10.3. The second-order valence-electron chi connectivity index (χ2n) is 7.91. The van der Waals surface area contributed by atoms with Crippen molar-refractivity contribution in [1.82, 2.24) is 29.3 Å². The van der Waals surface area contributed by atoms with E-state index >= 15 is 0 Å². The van der Waals surface area contributed by atoms with Gasteiger partial charge in [0, 0.05) is 4.47 Å². The monoisotopic (exact) mass is 573 g/mol. The summed E-state index contributed by atoms with van der Waals surface area (Å²) in [5.41, 5.74) is 6.06. The molecule has 8 nitrogen and oxygen atoms in total. The number of halogens is 4. The highest BCUT2D eigenvalue weighted by Crippen LogP contribution is 2.32. The van der Waals surface area contributed by atoms with E-state index in [2.05, 4.69) is 36.0 Å². The number of nitrogen functional groups attached to an aromatic ring is 1. The van der Waals surface area contributed by atoms with E-state index in [0.29, 0.717) is 26.7 Å². The number of rotatable bonds is 4. The first kappa shape index (κ1) is 26.3. The third kappa shape index (κ3) is 4.93. The first-order valence-corrected chi connectivity index (χ1v) is 12.2. The number of benzene rings is 2. The molecule has 0 spiro atoms.